The average molecular weight is 346 g/mol. The van der Waals surface area contributed by atoms with Gasteiger partial charge in [0.1, 0.15) is 5.75 Å². The zero-order valence-corrected chi connectivity index (χ0v) is 13.5. The van der Waals surface area contributed by atoms with Crippen LogP contribution in [0.25, 0.3) is 0 Å². The lowest BCUT2D eigenvalue weighted by Crippen LogP contribution is -2.11. The summed E-state index contributed by atoms with van der Waals surface area (Å²) in [6.07, 6.45) is -3.00. The Morgan fingerprint density at radius 1 is 1.00 bits per heavy atom. The summed E-state index contributed by atoms with van der Waals surface area (Å²) in [5.74, 6) is 0.763. The first-order valence-electron chi connectivity index (χ1n) is 6.96. The molecule has 0 saturated carbocycles. The van der Waals surface area contributed by atoms with Crippen molar-refractivity contribution in [3.8, 4) is 5.75 Å². The van der Waals surface area contributed by atoms with Crippen molar-refractivity contribution >= 4 is 12.4 Å². The summed E-state index contributed by atoms with van der Waals surface area (Å²) in [7, 11) is 1.60. The number of ether oxygens (including phenoxy) is 1. The van der Waals surface area contributed by atoms with E-state index < -0.39 is 11.7 Å². The second-order valence-corrected chi connectivity index (χ2v) is 5.11. The Labute approximate surface area is 139 Å². The molecule has 2 N–H and O–H groups in total. The summed E-state index contributed by atoms with van der Waals surface area (Å²) in [4.78, 5) is 0. The van der Waals surface area contributed by atoms with E-state index in [4.69, 9.17) is 10.5 Å². The predicted molar refractivity (Wildman–Crippen MR) is 86.9 cm³/mol. The number of benzene rings is 2. The maximum atomic E-state index is 12.5. The van der Waals surface area contributed by atoms with Gasteiger partial charge in [0.25, 0.3) is 0 Å². The van der Waals surface area contributed by atoms with Crippen LogP contribution in [0.1, 0.15) is 29.2 Å². The minimum atomic E-state index is -4.29. The molecule has 0 aromatic heterocycles. The predicted octanol–water partition coefficient (Wildman–Crippen LogP) is 4.77. The number of aryl methyl sites for hydroxylation is 1. The quantitative estimate of drug-likeness (QED) is 0.847. The Morgan fingerprint density at radius 2 is 1.57 bits per heavy atom. The minimum Gasteiger partial charge on any atom is -0.497 e. The number of halogens is 4. The van der Waals surface area contributed by atoms with E-state index in [1.54, 1.807) is 7.11 Å². The van der Waals surface area contributed by atoms with Gasteiger partial charge in [-0.05, 0) is 48.2 Å². The van der Waals surface area contributed by atoms with E-state index in [2.05, 4.69) is 0 Å². The minimum absolute atomic E-state index is 0. The fourth-order valence-corrected chi connectivity index (χ4v) is 2.20. The molecule has 0 heterocycles. The van der Waals surface area contributed by atoms with Crippen molar-refractivity contribution in [2.45, 2.75) is 25.1 Å². The zero-order chi connectivity index (χ0) is 16.2. The number of nitrogens with two attached hydrogens (primary N) is 1. The summed E-state index contributed by atoms with van der Waals surface area (Å²) >= 11 is 0. The molecule has 2 nitrogen and oxygen atoms in total. The number of hydrogen-bond donors (Lipinski definition) is 1. The molecule has 0 fully saturated rings. The van der Waals surface area contributed by atoms with Gasteiger partial charge in [0, 0.05) is 6.04 Å². The van der Waals surface area contributed by atoms with Gasteiger partial charge in [-0.15, -0.1) is 12.4 Å². The Bertz CT molecular complexity index is 597. The highest BCUT2D eigenvalue weighted by atomic mass is 35.5. The van der Waals surface area contributed by atoms with Crippen molar-refractivity contribution in [1.29, 1.82) is 0 Å². The largest absolute Gasteiger partial charge is 0.497 e. The molecule has 0 spiro atoms. The van der Waals surface area contributed by atoms with Gasteiger partial charge in [-0.1, -0.05) is 24.3 Å². The molecule has 6 heteroatoms. The second-order valence-electron chi connectivity index (χ2n) is 5.11. The molecule has 126 valence electrons. The molecule has 0 aliphatic heterocycles. The molecule has 0 aliphatic carbocycles. The molecule has 2 aromatic carbocycles. The molecule has 0 bridgehead atoms. The molecule has 1 atom stereocenters. The van der Waals surface area contributed by atoms with Gasteiger partial charge in [-0.25, -0.2) is 0 Å². The lowest BCUT2D eigenvalue weighted by molar-refractivity contribution is -0.137. The molecule has 23 heavy (non-hydrogen) atoms. The van der Waals surface area contributed by atoms with Crippen LogP contribution in [0.5, 0.6) is 5.75 Å². The molecule has 2 rings (SSSR count). The zero-order valence-electron chi connectivity index (χ0n) is 12.6. The first-order chi connectivity index (χ1) is 10.4. The van der Waals surface area contributed by atoms with E-state index in [9.17, 15) is 13.2 Å². The monoisotopic (exact) mass is 345 g/mol. The first-order valence-corrected chi connectivity index (χ1v) is 6.96. The van der Waals surface area contributed by atoms with Crippen LogP contribution in [0.2, 0.25) is 0 Å². The van der Waals surface area contributed by atoms with E-state index in [-0.39, 0.29) is 18.4 Å². The van der Waals surface area contributed by atoms with E-state index in [0.29, 0.717) is 12.8 Å². The van der Waals surface area contributed by atoms with Gasteiger partial charge in [0.2, 0.25) is 0 Å². The highest BCUT2D eigenvalue weighted by molar-refractivity contribution is 5.85. The van der Waals surface area contributed by atoms with Crippen molar-refractivity contribution in [3.63, 3.8) is 0 Å². The van der Waals surface area contributed by atoms with Gasteiger partial charge >= 0.3 is 6.18 Å². The van der Waals surface area contributed by atoms with Gasteiger partial charge in [0.05, 0.1) is 12.7 Å². The molecule has 0 aliphatic rings. The third-order valence-electron chi connectivity index (χ3n) is 3.57. The second kappa shape index (κ2) is 8.22. The molecule has 0 radical (unpaired) electrons. The first kappa shape index (κ1) is 19.3. The van der Waals surface area contributed by atoms with Crippen LogP contribution < -0.4 is 10.5 Å². The number of rotatable bonds is 5. The fraction of sp³-hybridized carbons (Fsp3) is 0.294. The number of hydrogen-bond acceptors (Lipinski definition) is 2. The maximum absolute atomic E-state index is 12.5. The van der Waals surface area contributed by atoms with E-state index in [1.807, 2.05) is 24.3 Å². The maximum Gasteiger partial charge on any atom is 0.416 e. The van der Waals surface area contributed by atoms with E-state index >= 15 is 0 Å². The van der Waals surface area contributed by atoms with Crippen molar-refractivity contribution < 1.29 is 17.9 Å². The Balaban J connectivity index is 0.00000264. The molecular weight excluding hydrogens is 327 g/mol. The molecule has 0 saturated heterocycles. The SMILES string of the molecule is COc1ccc(C(N)CCc2ccc(C(F)(F)F)cc2)cc1.Cl. The Hall–Kier alpha value is -1.72. The molecular formula is C17H19ClF3NO. The van der Waals surface area contributed by atoms with Crippen molar-refractivity contribution in [3.05, 3.63) is 65.2 Å². The Kier molecular flexibility index (Phi) is 6.91. The van der Waals surface area contributed by atoms with Crippen LogP contribution in [0.15, 0.2) is 48.5 Å². The van der Waals surface area contributed by atoms with Gasteiger partial charge in [-0.3, -0.25) is 0 Å². The molecule has 0 amide bonds. The summed E-state index contributed by atoms with van der Waals surface area (Å²) in [6.45, 7) is 0. The summed E-state index contributed by atoms with van der Waals surface area (Å²) in [5.41, 5.74) is 7.31. The highest BCUT2D eigenvalue weighted by Gasteiger charge is 2.29. The van der Waals surface area contributed by atoms with Crippen molar-refractivity contribution in [2.75, 3.05) is 7.11 Å². The van der Waals surface area contributed by atoms with Crippen LogP contribution >= 0.6 is 12.4 Å². The van der Waals surface area contributed by atoms with Crippen LogP contribution in [0.4, 0.5) is 13.2 Å². The summed E-state index contributed by atoms with van der Waals surface area (Å²) in [6, 6.07) is 12.5. The van der Waals surface area contributed by atoms with E-state index in [0.717, 1.165) is 29.0 Å². The van der Waals surface area contributed by atoms with Crippen LogP contribution in [-0.2, 0) is 12.6 Å². The van der Waals surface area contributed by atoms with Gasteiger partial charge in [0.15, 0.2) is 0 Å². The van der Waals surface area contributed by atoms with E-state index in [1.165, 1.54) is 12.1 Å². The lowest BCUT2D eigenvalue weighted by Gasteiger charge is -2.13. The standard InChI is InChI=1S/C17H18F3NO.ClH/c1-22-15-9-5-13(6-10-15)16(21)11-4-12-2-7-14(8-3-12)17(18,19)20;/h2-3,5-10,16H,4,11,21H2,1H3;1H. The number of methoxy groups -OCH3 is 1. The Morgan fingerprint density at radius 3 is 2.04 bits per heavy atom. The van der Waals surface area contributed by atoms with Crippen LogP contribution in [-0.4, -0.2) is 7.11 Å². The van der Waals surface area contributed by atoms with Gasteiger partial charge in [-0.2, -0.15) is 13.2 Å². The normalized spacial score (nSPS) is 12.4. The average Bonchev–Trinajstić information content (AvgIpc) is 2.52. The van der Waals surface area contributed by atoms with Crippen molar-refractivity contribution in [2.24, 2.45) is 5.73 Å². The molecule has 2 aromatic rings. The summed E-state index contributed by atoms with van der Waals surface area (Å²) in [5, 5.41) is 0. The topological polar surface area (TPSA) is 35.2 Å². The highest BCUT2D eigenvalue weighted by Crippen LogP contribution is 2.29. The van der Waals surface area contributed by atoms with Gasteiger partial charge < -0.3 is 10.5 Å². The van der Waals surface area contributed by atoms with Crippen LogP contribution in [0.3, 0.4) is 0 Å². The summed E-state index contributed by atoms with van der Waals surface area (Å²) < 4.78 is 42.5. The fourth-order valence-electron chi connectivity index (χ4n) is 2.20. The molecule has 1 unspecified atom stereocenters. The third-order valence-corrected chi connectivity index (χ3v) is 3.57. The number of alkyl halides is 3. The third kappa shape index (κ3) is 5.44. The smallest absolute Gasteiger partial charge is 0.416 e. The van der Waals surface area contributed by atoms with Crippen LogP contribution in [0, 0.1) is 0 Å². The van der Waals surface area contributed by atoms with Crippen molar-refractivity contribution in [1.82, 2.24) is 0 Å². The lowest BCUT2D eigenvalue weighted by atomic mass is 9.99.